The van der Waals surface area contributed by atoms with Crippen LogP contribution in [-0.2, 0) is 0 Å². The van der Waals surface area contributed by atoms with E-state index in [1.54, 1.807) is 0 Å². The highest BCUT2D eigenvalue weighted by molar-refractivity contribution is 14.1. The zero-order valence-corrected chi connectivity index (χ0v) is 5.97. The predicted molar refractivity (Wildman–Crippen MR) is 35.2 cm³/mol. The fourth-order valence-corrected chi connectivity index (χ4v) is 0.456. The molecule has 0 spiro atoms. The molecule has 0 aliphatic heterocycles. The van der Waals surface area contributed by atoms with Gasteiger partial charge in [-0.05, 0) is 6.42 Å². The molecule has 0 amide bonds. The summed E-state index contributed by atoms with van der Waals surface area (Å²) in [6.07, 6.45) is 0.917. The van der Waals surface area contributed by atoms with E-state index in [2.05, 4.69) is 29.5 Å². The van der Waals surface area contributed by atoms with E-state index in [4.69, 9.17) is 5.11 Å². The highest BCUT2D eigenvalue weighted by Crippen LogP contribution is 2.00. The smallest absolute Gasteiger partial charge is 0.0440 e. The number of rotatable bonds is 2. The van der Waals surface area contributed by atoms with Crippen molar-refractivity contribution >= 4 is 22.6 Å². The van der Waals surface area contributed by atoms with Gasteiger partial charge in [0.1, 0.15) is 0 Å². The van der Waals surface area contributed by atoms with E-state index in [1.165, 1.54) is 0 Å². The third-order valence-electron chi connectivity index (χ3n) is 0.527. The number of hydrogen-bond acceptors (Lipinski definition) is 1. The second-order valence-corrected chi connectivity index (χ2v) is 3.42. The van der Waals surface area contributed by atoms with Crippen molar-refractivity contribution in [1.82, 2.24) is 0 Å². The molecule has 0 radical (unpaired) electrons. The monoisotopic (exact) mass is 200 g/mol. The van der Waals surface area contributed by atoms with Crippen molar-refractivity contribution in [3.05, 3.63) is 0 Å². The maximum atomic E-state index is 8.23. The summed E-state index contributed by atoms with van der Waals surface area (Å²) < 4.78 is 0.618. The van der Waals surface area contributed by atoms with Gasteiger partial charge in [-0.3, -0.25) is 0 Å². The van der Waals surface area contributed by atoms with Crippen LogP contribution < -0.4 is 0 Å². The van der Waals surface area contributed by atoms with Gasteiger partial charge in [0, 0.05) is 10.5 Å². The maximum Gasteiger partial charge on any atom is 0.0440 e. The van der Waals surface area contributed by atoms with E-state index in [0.29, 0.717) is 10.5 Å². The quantitative estimate of drug-likeness (QED) is 0.524. The Morgan fingerprint density at radius 3 is 2.33 bits per heavy atom. The highest BCUT2D eigenvalue weighted by Gasteiger charge is 1.88. The first kappa shape index (κ1) is 6.69. The van der Waals surface area contributed by atoms with E-state index >= 15 is 0 Å². The van der Waals surface area contributed by atoms with Crippen molar-refractivity contribution in [2.24, 2.45) is 0 Å². The molecule has 0 aliphatic rings. The van der Waals surface area contributed by atoms with Crippen LogP contribution in [0.1, 0.15) is 13.3 Å². The molecule has 6 heavy (non-hydrogen) atoms. The molecule has 1 N–H and O–H groups in total. The Bertz CT molecular complexity index is 28.7. The maximum absolute atomic E-state index is 8.23. The average molecular weight is 200 g/mol. The fraction of sp³-hybridized carbons (Fsp3) is 1.00. The Labute approximate surface area is 51.9 Å². The van der Waals surface area contributed by atoms with Gasteiger partial charge in [0.05, 0.1) is 0 Å². The molecule has 0 heterocycles. The van der Waals surface area contributed by atoms with Crippen molar-refractivity contribution in [1.29, 1.82) is 0 Å². The first-order valence-electron chi connectivity index (χ1n) is 2.02. The van der Waals surface area contributed by atoms with Crippen LogP contribution >= 0.6 is 22.6 Å². The Hall–Kier alpha value is 0.690. The van der Waals surface area contributed by atoms with Gasteiger partial charge < -0.3 is 5.11 Å². The molecule has 0 bridgehead atoms. The van der Waals surface area contributed by atoms with Gasteiger partial charge in [-0.2, -0.15) is 0 Å². The summed E-state index contributed by atoms with van der Waals surface area (Å²) in [5.41, 5.74) is 0. The van der Waals surface area contributed by atoms with E-state index in [0.717, 1.165) is 6.42 Å². The van der Waals surface area contributed by atoms with Gasteiger partial charge >= 0.3 is 0 Å². The number of aliphatic hydroxyl groups is 1. The van der Waals surface area contributed by atoms with Crippen molar-refractivity contribution in [2.45, 2.75) is 17.3 Å². The second kappa shape index (κ2) is 3.87. The molecule has 1 atom stereocenters. The molecule has 0 saturated heterocycles. The van der Waals surface area contributed by atoms with Gasteiger partial charge in [0.15, 0.2) is 0 Å². The number of alkyl halides is 1. The number of aliphatic hydroxyl groups excluding tert-OH is 1. The van der Waals surface area contributed by atoms with Gasteiger partial charge in [-0.1, -0.05) is 29.5 Å². The molecule has 0 fully saturated rings. The molecule has 1 nitrogen and oxygen atoms in total. The lowest BCUT2D eigenvalue weighted by Gasteiger charge is -1.93. The van der Waals surface area contributed by atoms with Crippen LogP contribution in [0.4, 0.5) is 0 Å². The van der Waals surface area contributed by atoms with Crippen LogP contribution in [0.25, 0.3) is 0 Å². The standard InChI is InChI=1S/C4H9IO/c1-4(5)2-3-6/h4,6H,2-3H2,1H3/t4-/m0/s1. The third kappa shape index (κ3) is 4.69. The summed E-state index contributed by atoms with van der Waals surface area (Å²) in [6, 6.07) is 0. The van der Waals surface area contributed by atoms with Crippen LogP contribution in [0, 0.1) is 0 Å². The summed E-state index contributed by atoms with van der Waals surface area (Å²) in [4.78, 5) is 0. The summed E-state index contributed by atoms with van der Waals surface area (Å²) in [6.45, 7) is 2.40. The predicted octanol–water partition coefficient (Wildman–Crippen LogP) is 1.19. The number of hydrogen-bond donors (Lipinski definition) is 1. The van der Waals surface area contributed by atoms with Gasteiger partial charge in [0.2, 0.25) is 0 Å². The van der Waals surface area contributed by atoms with Crippen LogP contribution in [0.5, 0.6) is 0 Å². The fourth-order valence-electron chi connectivity index (χ4n) is 0.178. The zero-order valence-electron chi connectivity index (χ0n) is 3.82. The lowest BCUT2D eigenvalue weighted by molar-refractivity contribution is 0.290. The molecular weight excluding hydrogens is 191 g/mol. The lowest BCUT2D eigenvalue weighted by Crippen LogP contribution is -1.92. The van der Waals surface area contributed by atoms with Crippen molar-refractivity contribution in [3.8, 4) is 0 Å². The normalized spacial score (nSPS) is 14.5. The molecule has 0 aromatic carbocycles. The Balaban J connectivity index is 2.63. The Kier molecular flexibility index (Phi) is 4.31. The van der Waals surface area contributed by atoms with E-state index in [9.17, 15) is 0 Å². The molecule has 0 saturated carbocycles. The summed E-state index contributed by atoms with van der Waals surface area (Å²) >= 11 is 2.28. The summed E-state index contributed by atoms with van der Waals surface area (Å²) in [7, 11) is 0. The highest BCUT2D eigenvalue weighted by atomic mass is 127. The zero-order chi connectivity index (χ0) is 4.99. The van der Waals surface area contributed by atoms with Gasteiger partial charge in [0.25, 0.3) is 0 Å². The van der Waals surface area contributed by atoms with Crippen molar-refractivity contribution < 1.29 is 5.11 Å². The molecule has 0 rings (SSSR count). The third-order valence-corrected chi connectivity index (χ3v) is 1.15. The summed E-state index contributed by atoms with van der Waals surface area (Å²) in [5, 5.41) is 8.23. The SMILES string of the molecule is C[C@H](I)CCO. The van der Waals surface area contributed by atoms with Crippen LogP contribution in [0.2, 0.25) is 0 Å². The van der Waals surface area contributed by atoms with E-state index < -0.39 is 0 Å². The van der Waals surface area contributed by atoms with Crippen molar-refractivity contribution in [2.75, 3.05) is 6.61 Å². The van der Waals surface area contributed by atoms with Crippen molar-refractivity contribution in [3.63, 3.8) is 0 Å². The van der Waals surface area contributed by atoms with Crippen LogP contribution in [-0.4, -0.2) is 15.6 Å². The second-order valence-electron chi connectivity index (χ2n) is 1.29. The molecule has 2 heteroatoms. The topological polar surface area (TPSA) is 20.2 Å². The molecule has 0 aliphatic carbocycles. The lowest BCUT2D eigenvalue weighted by atomic mass is 10.4. The van der Waals surface area contributed by atoms with Crippen LogP contribution in [0.15, 0.2) is 0 Å². The molecule has 0 aromatic heterocycles. The molecular formula is C4H9IO. The van der Waals surface area contributed by atoms with E-state index in [1.807, 2.05) is 0 Å². The number of halogens is 1. The van der Waals surface area contributed by atoms with Gasteiger partial charge in [-0.25, -0.2) is 0 Å². The molecule has 38 valence electrons. The van der Waals surface area contributed by atoms with Crippen LogP contribution in [0.3, 0.4) is 0 Å². The first-order chi connectivity index (χ1) is 2.77. The summed E-state index contributed by atoms with van der Waals surface area (Å²) in [5.74, 6) is 0. The largest absolute Gasteiger partial charge is 0.396 e. The Morgan fingerprint density at radius 2 is 2.33 bits per heavy atom. The van der Waals surface area contributed by atoms with E-state index in [-0.39, 0.29) is 0 Å². The minimum absolute atomic E-state index is 0.324. The minimum atomic E-state index is 0.324. The average Bonchev–Trinajstić information content (AvgIpc) is 1.35. The van der Waals surface area contributed by atoms with Gasteiger partial charge in [-0.15, -0.1) is 0 Å². The molecule has 0 aromatic rings. The molecule has 0 unspecified atom stereocenters. The minimum Gasteiger partial charge on any atom is -0.396 e. The first-order valence-corrected chi connectivity index (χ1v) is 3.27. The Morgan fingerprint density at radius 1 is 1.83 bits per heavy atom.